The molecular weight excluding hydrogens is 1140 g/mol. The molecule has 4 aliphatic rings. The Morgan fingerprint density at radius 3 is 1.70 bits per heavy atom. The van der Waals surface area contributed by atoms with Gasteiger partial charge in [0.05, 0.1) is 35.2 Å². The van der Waals surface area contributed by atoms with E-state index in [0.717, 1.165) is 71.4 Å². The van der Waals surface area contributed by atoms with Crippen molar-refractivity contribution in [1.82, 2.24) is 5.32 Å². The summed E-state index contributed by atoms with van der Waals surface area (Å²) >= 11 is 0. The predicted molar refractivity (Wildman–Crippen MR) is 352 cm³/mol. The summed E-state index contributed by atoms with van der Waals surface area (Å²) in [5.74, 6) is 0.851. The van der Waals surface area contributed by atoms with Crippen LogP contribution in [0, 0.1) is 5.92 Å². The van der Waals surface area contributed by atoms with Gasteiger partial charge in [-0.25, -0.2) is 9.79 Å². The van der Waals surface area contributed by atoms with Gasteiger partial charge in [0, 0.05) is 63.8 Å². The van der Waals surface area contributed by atoms with Crippen molar-refractivity contribution in [1.29, 1.82) is 0 Å². The molecule has 12 rings (SSSR count). The second kappa shape index (κ2) is 24.9. The summed E-state index contributed by atoms with van der Waals surface area (Å²) in [7, 11) is 0. The number of carbonyl (C=O) groups is 1. The Morgan fingerprint density at radius 1 is 0.636 bits per heavy atom. The van der Waals surface area contributed by atoms with Gasteiger partial charge >= 0.3 is 5.97 Å². The number of phenols is 4. The largest absolute Gasteiger partial charge is 0.594 e. The van der Waals surface area contributed by atoms with Crippen molar-refractivity contribution in [3.63, 3.8) is 0 Å². The number of esters is 1. The number of rotatable bonds is 9. The van der Waals surface area contributed by atoms with Crippen LogP contribution in [0.15, 0.2) is 187 Å². The molecule has 2 unspecified atom stereocenters. The molecule has 2 atom stereocenters. The molecular formula is C74H79CoN6O7-. The van der Waals surface area contributed by atoms with Gasteiger partial charge in [-0.3, -0.25) is 0 Å². The summed E-state index contributed by atoms with van der Waals surface area (Å²) in [5.41, 5.74) is 26.5. The summed E-state index contributed by atoms with van der Waals surface area (Å²) in [6.07, 6.45) is 8.86. The predicted octanol–water partition coefficient (Wildman–Crippen LogP) is 14.6. The second-order valence-corrected chi connectivity index (χ2v) is 25.9. The van der Waals surface area contributed by atoms with Crippen molar-refractivity contribution in [2.75, 3.05) is 17.5 Å². The first-order chi connectivity index (χ1) is 41.2. The summed E-state index contributed by atoms with van der Waals surface area (Å²) in [6, 6.07) is 45.4. The van der Waals surface area contributed by atoms with E-state index in [1.165, 1.54) is 16.7 Å². The third-order valence-corrected chi connectivity index (χ3v) is 16.0. The monoisotopic (exact) mass is 1220 g/mol. The van der Waals surface area contributed by atoms with Crippen LogP contribution >= 0.6 is 0 Å². The van der Waals surface area contributed by atoms with E-state index in [1.807, 2.05) is 116 Å². The van der Waals surface area contributed by atoms with Gasteiger partial charge in [0.2, 0.25) is 5.36 Å². The van der Waals surface area contributed by atoms with Gasteiger partial charge < -0.3 is 56.9 Å². The topological polar surface area (TPSA) is 195 Å². The molecule has 8 aromatic rings. The molecule has 0 saturated carbocycles. The first-order valence-corrected chi connectivity index (χ1v) is 29.6. The van der Waals surface area contributed by atoms with Gasteiger partial charge in [-0.05, 0) is 144 Å². The van der Waals surface area contributed by atoms with Gasteiger partial charge in [0.1, 0.15) is 34.9 Å². The molecule has 457 valence electrons. The summed E-state index contributed by atoms with van der Waals surface area (Å²) < 4.78 is 12.3. The van der Waals surface area contributed by atoms with Crippen LogP contribution in [0.3, 0.4) is 0 Å². The standard InChI is InChI=1S/C34H36N2O3.2C20H21N2O2.Co/c1-8-38-32(37)22-12-10-9-11-21(22)31-25-13-23-19(2)17-33(4,5)35-27(23)15-29(25)39-30-16-28-24(14-26(30)31)20(3)18-34(6,7)36-28;2*1-20(2,3)14-9-11-17(23)16(12-14)21-22-19-15-7-5-4-6-13(15)8-10-18(19)24;/h9-18,25,29,35H,8H2,1-7H3;2*4-12,22-24H,1-3H3;/q;2*-1;/p+1. The third kappa shape index (κ3) is 13.5. The Hall–Kier alpha value is -9.11. The van der Waals surface area contributed by atoms with Gasteiger partial charge in [0.25, 0.3) is 0 Å². The number of aromatic hydroxyl groups is 4. The zero-order valence-electron chi connectivity index (χ0n) is 52.3. The Bertz CT molecular complexity index is 4130. The third-order valence-electron chi connectivity index (χ3n) is 16.0. The van der Waals surface area contributed by atoms with Crippen molar-refractivity contribution in [2.45, 2.75) is 118 Å². The van der Waals surface area contributed by atoms with Crippen LogP contribution in [0.25, 0.3) is 43.5 Å². The van der Waals surface area contributed by atoms with Gasteiger partial charge in [-0.1, -0.05) is 168 Å². The number of carbonyl (C=O) groups excluding carboxylic acids is 1. The van der Waals surface area contributed by atoms with Crippen molar-refractivity contribution < 1.29 is 56.5 Å². The Morgan fingerprint density at radius 2 is 1.16 bits per heavy atom. The normalized spacial score (nSPS) is 16.7. The average Bonchev–Trinajstić information content (AvgIpc) is 0.830. The number of fused-ring (bicyclic) bond motifs is 6. The zero-order valence-corrected chi connectivity index (χ0v) is 53.3. The van der Waals surface area contributed by atoms with Gasteiger partial charge in [0.15, 0.2) is 5.54 Å². The van der Waals surface area contributed by atoms with Crippen molar-refractivity contribution >= 4 is 61.4 Å². The van der Waals surface area contributed by atoms with Crippen molar-refractivity contribution in [2.24, 2.45) is 5.92 Å². The van der Waals surface area contributed by atoms with E-state index in [-0.39, 0.29) is 79.7 Å². The number of nitrogens with zero attached hydrogens (tertiary/aromatic N) is 2. The minimum absolute atomic E-state index is 0. The number of allylic oxidation sites excluding steroid dienone is 2. The molecule has 0 fully saturated rings. The molecule has 0 aromatic heterocycles. The summed E-state index contributed by atoms with van der Waals surface area (Å²) in [6.45, 7) is 27.8. The Balaban J connectivity index is 0.000000164. The molecule has 3 heterocycles. The fourth-order valence-corrected chi connectivity index (χ4v) is 11.8. The smallest absolute Gasteiger partial charge is 0.338 e. The van der Waals surface area contributed by atoms with E-state index in [9.17, 15) is 25.2 Å². The first kappa shape index (κ1) is 63.4. The number of anilines is 2. The van der Waals surface area contributed by atoms with Crippen LogP contribution in [0.4, 0.5) is 22.7 Å². The number of ether oxygens (including phenoxy) is 2. The van der Waals surface area contributed by atoms with Crippen LogP contribution in [0.5, 0.6) is 28.7 Å². The van der Waals surface area contributed by atoms with E-state index < -0.39 is 0 Å². The molecule has 0 spiro atoms. The molecule has 0 amide bonds. The van der Waals surface area contributed by atoms with Crippen LogP contribution in [-0.2, 0) is 32.3 Å². The van der Waals surface area contributed by atoms with Crippen molar-refractivity contribution in [3.8, 4) is 28.7 Å². The molecule has 8 N–H and O–H groups in total. The molecule has 88 heavy (non-hydrogen) atoms. The van der Waals surface area contributed by atoms with E-state index in [0.29, 0.717) is 34.9 Å². The Labute approximate surface area is 526 Å². The fraction of sp³-hybridized carbons (Fsp3) is 0.270. The maximum Gasteiger partial charge on any atom is 0.338 e. The average molecular weight is 1220 g/mol. The number of hydrogen-bond acceptors (Lipinski definition) is 10. The molecule has 0 saturated heterocycles. The van der Waals surface area contributed by atoms with Gasteiger partial charge in [-0.2, -0.15) is 0 Å². The number of benzene rings is 8. The zero-order chi connectivity index (χ0) is 62.3. The SMILES string of the molecule is CC(C)(C)c1ccc(O)c([N-]Nc2c(O)ccc3ccccc23)c1.CC(C)(C)c1ccc(O)c([N-]Nc2c(O)ccc3ccccc23)c1.CCOC(=O)c1ccccc1C1=c2cc3c(cc2OC2C=C4NC(C)(C)C=C(C)C4=CC12)=[NH+]C(C)(C)C=C3C.[Co]. The van der Waals surface area contributed by atoms with E-state index in [4.69, 9.17) is 9.47 Å². The fourth-order valence-electron chi connectivity index (χ4n) is 11.8. The first-order valence-electron chi connectivity index (χ1n) is 29.6. The molecule has 1 radical (unpaired) electrons. The second-order valence-electron chi connectivity index (χ2n) is 25.9. The quantitative estimate of drug-likeness (QED) is 0.0391. The molecule has 0 bridgehead atoms. The summed E-state index contributed by atoms with van der Waals surface area (Å²) in [4.78, 5) is 16.8. The van der Waals surface area contributed by atoms with Crippen LogP contribution in [0.1, 0.15) is 123 Å². The molecule has 8 aromatic carbocycles. The van der Waals surface area contributed by atoms with Crippen LogP contribution in [0.2, 0.25) is 0 Å². The van der Waals surface area contributed by atoms with Crippen LogP contribution < -0.4 is 36.5 Å². The Kier molecular flexibility index (Phi) is 18.0. The molecule has 13 nitrogen and oxygen atoms in total. The minimum Gasteiger partial charge on any atom is -0.594 e. The molecule has 1 aliphatic carbocycles. The van der Waals surface area contributed by atoms with Crippen molar-refractivity contribution in [3.05, 3.63) is 236 Å². The number of nitrogens with one attached hydrogen (secondary N) is 4. The van der Waals surface area contributed by atoms with Crippen LogP contribution in [-0.4, -0.2) is 50.2 Å². The minimum atomic E-state index is -0.306. The maximum atomic E-state index is 13.2. The molecule has 3 aliphatic heterocycles. The maximum absolute atomic E-state index is 13.2. The number of phenolic OH excluding ortho intramolecular Hbond substituents is 4. The van der Waals surface area contributed by atoms with Gasteiger partial charge in [-0.15, -0.1) is 0 Å². The number of hydrogen-bond donors (Lipinski definition) is 8. The molecule has 14 heteroatoms. The van der Waals surface area contributed by atoms with E-state index in [1.54, 1.807) is 24.3 Å². The van der Waals surface area contributed by atoms with E-state index in [2.05, 4.69) is 152 Å². The van der Waals surface area contributed by atoms with E-state index >= 15 is 0 Å². The summed E-state index contributed by atoms with van der Waals surface area (Å²) in [5, 5.41) is 49.9.